The summed E-state index contributed by atoms with van der Waals surface area (Å²) in [5.74, 6) is 0.714. The average Bonchev–Trinajstić information content (AvgIpc) is 2.94. The van der Waals surface area contributed by atoms with Crippen LogP contribution in [0.5, 0.6) is 17.2 Å². The molecule has 0 atom stereocenters. The SMILES string of the molecule is COc1cc(C(=O)N/N=C/c2cc(C#N)n(C)c2C)cc(OC)c1OC. The van der Waals surface area contributed by atoms with Crippen LogP contribution in [-0.2, 0) is 7.05 Å². The van der Waals surface area contributed by atoms with Crippen molar-refractivity contribution >= 4 is 12.1 Å². The van der Waals surface area contributed by atoms with Crippen LogP contribution in [0.25, 0.3) is 0 Å². The Hall–Kier alpha value is -3.47. The molecule has 0 fully saturated rings. The fourth-order valence-electron chi connectivity index (χ4n) is 2.40. The zero-order valence-electron chi connectivity index (χ0n) is 15.3. The molecule has 26 heavy (non-hydrogen) atoms. The Labute approximate surface area is 151 Å². The molecule has 1 amide bonds. The van der Waals surface area contributed by atoms with Crippen molar-refractivity contribution in [3.05, 3.63) is 40.7 Å². The molecular formula is C18H20N4O4. The molecule has 0 aliphatic heterocycles. The van der Waals surface area contributed by atoms with E-state index >= 15 is 0 Å². The number of hydrogen-bond acceptors (Lipinski definition) is 6. The minimum Gasteiger partial charge on any atom is -0.493 e. The van der Waals surface area contributed by atoms with Gasteiger partial charge in [-0.25, -0.2) is 5.43 Å². The normalized spacial score (nSPS) is 10.5. The van der Waals surface area contributed by atoms with Crippen molar-refractivity contribution in [1.29, 1.82) is 5.26 Å². The predicted molar refractivity (Wildman–Crippen MR) is 96.0 cm³/mol. The molecule has 1 N–H and O–H groups in total. The lowest BCUT2D eigenvalue weighted by Crippen LogP contribution is -2.18. The van der Waals surface area contributed by atoms with Gasteiger partial charge in [-0.05, 0) is 25.1 Å². The Kier molecular flexibility index (Phi) is 5.86. The summed E-state index contributed by atoms with van der Waals surface area (Å²) in [5, 5.41) is 13.0. The number of nitrogens with zero attached hydrogens (tertiary/aromatic N) is 3. The van der Waals surface area contributed by atoms with Crippen molar-refractivity contribution in [1.82, 2.24) is 9.99 Å². The molecule has 2 aromatic rings. The van der Waals surface area contributed by atoms with Crippen molar-refractivity contribution in [2.24, 2.45) is 12.1 Å². The summed E-state index contributed by atoms with van der Waals surface area (Å²) in [4.78, 5) is 12.3. The molecule has 1 heterocycles. The number of hydrazone groups is 1. The Morgan fingerprint density at radius 1 is 1.19 bits per heavy atom. The van der Waals surface area contributed by atoms with Crippen LogP contribution in [0.1, 0.15) is 27.3 Å². The summed E-state index contributed by atoms with van der Waals surface area (Å²) in [6, 6.07) is 6.86. The molecule has 0 aliphatic rings. The van der Waals surface area contributed by atoms with E-state index in [2.05, 4.69) is 16.6 Å². The number of rotatable bonds is 6. The monoisotopic (exact) mass is 356 g/mol. The van der Waals surface area contributed by atoms with Crippen LogP contribution >= 0.6 is 0 Å². The van der Waals surface area contributed by atoms with E-state index in [4.69, 9.17) is 19.5 Å². The number of amides is 1. The van der Waals surface area contributed by atoms with Gasteiger partial charge < -0.3 is 18.8 Å². The highest BCUT2D eigenvalue weighted by Gasteiger charge is 2.16. The number of aromatic nitrogens is 1. The predicted octanol–water partition coefficient (Wildman–Crippen LogP) is 1.99. The molecule has 1 aromatic carbocycles. The first-order chi connectivity index (χ1) is 12.5. The molecule has 2 rings (SSSR count). The van der Waals surface area contributed by atoms with Gasteiger partial charge in [-0.2, -0.15) is 10.4 Å². The van der Waals surface area contributed by atoms with Gasteiger partial charge in [0.1, 0.15) is 11.8 Å². The molecule has 0 aliphatic carbocycles. The third kappa shape index (κ3) is 3.62. The standard InChI is InChI=1S/C18H20N4O4/c1-11-13(6-14(9-19)22(11)2)10-20-21-18(23)12-7-15(24-3)17(26-5)16(8-12)25-4/h6-8,10H,1-5H3,(H,21,23)/b20-10+. The molecular weight excluding hydrogens is 336 g/mol. The Morgan fingerprint density at radius 2 is 1.81 bits per heavy atom. The van der Waals surface area contributed by atoms with Gasteiger partial charge in [-0.15, -0.1) is 0 Å². The van der Waals surface area contributed by atoms with Crippen LogP contribution < -0.4 is 19.6 Å². The van der Waals surface area contributed by atoms with Gasteiger partial charge in [0.15, 0.2) is 11.5 Å². The maximum atomic E-state index is 12.3. The fourth-order valence-corrected chi connectivity index (χ4v) is 2.40. The number of carbonyl (C=O) groups is 1. The molecule has 136 valence electrons. The van der Waals surface area contributed by atoms with E-state index in [1.54, 1.807) is 17.7 Å². The Bertz CT molecular complexity index is 868. The van der Waals surface area contributed by atoms with E-state index < -0.39 is 5.91 Å². The quantitative estimate of drug-likeness (QED) is 0.630. The summed E-state index contributed by atoms with van der Waals surface area (Å²) in [5.41, 5.74) is 4.88. The molecule has 8 heteroatoms. The van der Waals surface area contributed by atoms with Crippen LogP contribution in [0.3, 0.4) is 0 Å². The van der Waals surface area contributed by atoms with E-state index in [1.165, 1.54) is 39.7 Å². The third-order valence-corrected chi connectivity index (χ3v) is 3.99. The van der Waals surface area contributed by atoms with Gasteiger partial charge in [-0.1, -0.05) is 0 Å². The van der Waals surface area contributed by atoms with E-state index in [9.17, 15) is 4.79 Å². The van der Waals surface area contributed by atoms with Crippen molar-refractivity contribution in [3.8, 4) is 23.3 Å². The highest BCUT2D eigenvalue weighted by Crippen LogP contribution is 2.38. The lowest BCUT2D eigenvalue weighted by atomic mass is 10.1. The number of nitrogens with one attached hydrogen (secondary N) is 1. The summed E-state index contributed by atoms with van der Waals surface area (Å²) in [6.45, 7) is 1.86. The fraction of sp³-hybridized carbons (Fsp3) is 0.278. The van der Waals surface area contributed by atoms with Crippen molar-refractivity contribution in [2.75, 3.05) is 21.3 Å². The van der Waals surface area contributed by atoms with E-state index in [-0.39, 0.29) is 0 Å². The molecule has 8 nitrogen and oxygen atoms in total. The summed E-state index contributed by atoms with van der Waals surface area (Å²) >= 11 is 0. The summed E-state index contributed by atoms with van der Waals surface area (Å²) < 4.78 is 17.4. The van der Waals surface area contributed by atoms with E-state index in [1.807, 2.05) is 6.92 Å². The smallest absolute Gasteiger partial charge is 0.271 e. The average molecular weight is 356 g/mol. The highest BCUT2D eigenvalue weighted by molar-refractivity contribution is 5.96. The Morgan fingerprint density at radius 3 is 2.27 bits per heavy atom. The molecule has 0 saturated carbocycles. The Balaban J connectivity index is 2.22. The minimum atomic E-state index is -0.436. The lowest BCUT2D eigenvalue weighted by molar-refractivity contribution is 0.0954. The molecule has 0 spiro atoms. The maximum absolute atomic E-state index is 12.3. The number of methoxy groups -OCH3 is 3. The van der Waals surface area contributed by atoms with E-state index in [0.717, 1.165) is 11.3 Å². The molecule has 0 radical (unpaired) electrons. The maximum Gasteiger partial charge on any atom is 0.271 e. The van der Waals surface area contributed by atoms with Gasteiger partial charge in [0.05, 0.1) is 27.5 Å². The summed E-state index contributed by atoms with van der Waals surface area (Å²) in [6.07, 6.45) is 1.49. The zero-order valence-corrected chi connectivity index (χ0v) is 15.3. The number of nitriles is 1. The highest BCUT2D eigenvalue weighted by atomic mass is 16.5. The zero-order chi connectivity index (χ0) is 19.3. The van der Waals surface area contributed by atoms with Gasteiger partial charge in [0, 0.05) is 23.9 Å². The van der Waals surface area contributed by atoms with Gasteiger partial charge in [0.2, 0.25) is 5.75 Å². The molecule has 0 unspecified atom stereocenters. The van der Waals surface area contributed by atoms with Gasteiger partial charge >= 0.3 is 0 Å². The van der Waals surface area contributed by atoms with Crippen LogP contribution in [0.15, 0.2) is 23.3 Å². The third-order valence-electron chi connectivity index (χ3n) is 3.99. The second-order valence-corrected chi connectivity index (χ2v) is 5.35. The second-order valence-electron chi connectivity index (χ2n) is 5.35. The van der Waals surface area contributed by atoms with E-state index in [0.29, 0.717) is 28.5 Å². The first kappa shape index (κ1) is 18.9. The van der Waals surface area contributed by atoms with Crippen molar-refractivity contribution in [2.45, 2.75) is 6.92 Å². The van der Waals surface area contributed by atoms with Crippen LogP contribution in [0.4, 0.5) is 0 Å². The molecule has 1 aromatic heterocycles. The first-order valence-electron chi connectivity index (χ1n) is 7.66. The number of ether oxygens (including phenoxy) is 3. The van der Waals surface area contributed by atoms with Gasteiger partial charge in [-0.3, -0.25) is 4.79 Å². The number of hydrogen-bond donors (Lipinski definition) is 1. The van der Waals surface area contributed by atoms with Crippen LogP contribution in [0, 0.1) is 18.3 Å². The largest absolute Gasteiger partial charge is 0.493 e. The second kappa shape index (κ2) is 8.07. The van der Waals surface area contributed by atoms with Crippen molar-refractivity contribution in [3.63, 3.8) is 0 Å². The number of carbonyl (C=O) groups excluding carboxylic acids is 1. The first-order valence-corrected chi connectivity index (χ1v) is 7.66. The lowest BCUT2D eigenvalue weighted by Gasteiger charge is -2.13. The molecule has 0 saturated heterocycles. The van der Waals surface area contributed by atoms with Crippen molar-refractivity contribution < 1.29 is 19.0 Å². The number of benzene rings is 1. The summed E-state index contributed by atoms with van der Waals surface area (Å²) in [7, 11) is 6.23. The van der Waals surface area contributed by atoms with Crippen LogP contribution in [-0.4, -0.2) is 38.0 Å². The minimum absolute atomic E-state index is 0.305. The van der Waals surface area contributed by atoms with Gasteiger partial charge in [0.25, 0.3) is 5.91 Å². The van der Waals surface area contributed by atoms with Crippen LogP contribution in [0.2, 0.25) is 0 Å². The topological polar surface area (TPSA) is 97.9 Å². The molecule has 0 bridgehead atoms.